The maximum Gasteiger partial charge on any atom is 0.137 e. The number of hydrazine groups is 1. The minimum Gasteiger partial charge on any atom is -0.491 e. The Morgan fingerprint density at radius 3 is 2.05 bits per heavy atom. The standard InChI is InChI=1S/C32H40Cl2N8O2/c1-37-13-17-43-31-9-3-23(19-27(31)33)11-15-41(36)21-29(35)25-5-7-26(8-6-25)30-22-42(40-39-30)16-12-24-4-10-32(28(34)20-24)44-18-14-38-2/h3-10,19-22,37-38H,11-18,35-36H2,1-2H3/b29-21-. The Labute approximate surface area is 268 Å². The maximum absolute atomic E-state index is 6.39. The number of ether oxygens (including phenoxy) is 2. The predicted molar refractivity (Wildman–Crippen MR) is 178 cm³/mol. The SMILES string of the molecule is CNCCOc1ccc(CCN(N)/C=C(\N)c2ccc(-c3cn(CCc4ccc(OCCNC)c(Cl)c4)nn3)cc2)cc1Cl. The number of nitrogens with one attached hydrogen (secondary N) is 2. The van der Waals surface area contributed by atoms with E-state index in [1.54, 1.807) is 11.2 Å². The summed E-state index contributed by atoms with van der Waals surface area (Å²) in [5.74, 6) is 7.57. The van der Waals surface area contributed by atoms with Crippen LogP contribution in [0, 0.1) is 0 Å². The number of nitrogens with two attached hydrogens (primary N) is 2. The van der Waals surface area contributed by atoms with Crippen LogP contribution in [0.1, 0.15) is 16.7 Å². The van der Waals surface area contributed by atoms with Gasteiger partial charge in [0.05, 0.1) is 21.9 Å². The first kappa shape index (κ1) is 33.1. The van der Waals surface area contributed by atoms with Crippen LogP contribution in [0.2, 0.25) is 10.0 Å². The van der Waals surface area contributed by atoms with Crippen molar-refractivity contribution < 1.29 is 9.47 Å². The summed E-state index contributed by atoms with van der Waals surface area (Å²) in [6.45, 7) is 3.86. The van der Waals surface area contributed by atoms with Gasteiger partial charge in [-0.05, 0) is 67.9 Å². The molecular formula is C32H40Cl2N8O2. The van der Waals surface area contributed by atoms with Crippen LogP contribution >= 0.6 is 23.2 Å². The van der Waals surface area contributed by atoms with Crippen molar-refractivity contribution in [1.29, 1.82) is 0 Å². The summed E-state index contributed by atoms with van der Waals surface area (Å²) in [7, 11) is 3.76. The zero-order valence-electron chi connectivity index (χ0n) is 25.1. The topological polar surface area (TPSA) is 129 Å². The van der Waals surface area contributed by atoms with Crippen LogP contribution in [0.5, 0.6) is 11.5 Å². The highest BCUT2D eigenvalue weighted by atomic mass is 35.5. The Hall–Kier alpha value is -3.80. The van der Waals surface area contributed by atoms with E-state index in [4.69, 9.17) is 44.3 Å². The number of hydrogen-bond acceptors (Lipinski definition) is 9. The van der Waals surface area contributed by atoms with Crippen LogP contribution < -0.4 is 31.7 Å². The van der Waals surface area contributed by atoms with Gasteiger partial charge in [-0.1, -0.05) is 64.8 Å². The molecule has 1 aromatic heterocycles. The number of aryl methyl sites for hydroxylation is 2. The zero-order chi connectivity index (χ0) is 31.3. The number of aromatic nitrogens is 3. The molecule has 0 spiro atoms. The molecule has 4 aromatic rings. The summed E-state index contributed by atoms with van der Waals surface area (Å²) >= 11 is 12.8. The van der Waals surface area contributed by atoms with Gasteiger partial charge in [0, 0.05) is 37.9 Å². The summed E-state index contributed by atoms with van der Waals surface area (Å²) in [6.07, 6.45) is 5.13. The minimum absolute atomic E-state index is 0.553. The van der Waals surface area contributed by atoms with Gasteiger partial charge >= 0.3 is 0 Å². The van der Waals surface area contributed by atoms with Gasteiger partial charge in [0.1, 0.15) is 30.4 Å². The summed E-state index contributed by atoms with van der Waals surface area (Å²) in [4.78, 5) is 0. The average Bonchev–Trinajstić information content (AvgIpc) is 3.50. The Morgan fingerprint density at radius 1 is 0.886 bits per heavy atom. The second-order valence-electron chi connectivity index (χ2n) is 10.2. The fourth-order valence-corrected chi connectivity index (χ4v) is 4.87. The third-order valence-electron chi connectivity index (χ3n) is 6.86. The monoisotopic (exact) mass is 638 g/mol. The molecule has 0 atom stereocenters. The highest BCUT2D eigenvalue weighted by molar-refractivity contribution is 6.32. The highest BCUT2D eigenvalue weighted by Crippen LogP contribution is 2.27. The molecule has 0 radical (unpaired) electrons. The van der Waals surface area contributed by atoms with Crippen molar-refractivity contribution in [3.63, 3.8) is 0 Å². The first-order valence-electron chi connectivity index (χ1n) is 14.5. The van der Waals surface area contributed by atoms with E-state index in [1.807, 2.05) is 85.6 Å². The summed E-state index contributed by atoms with van der Waals surface area (Å²) in [6, 6.07) is 19.5. The summed E-state index contributed by atoms with van der Waals surface area (Å²) < 4.78 is 13.2. The third kappa shape index (κ3) is 9.87. The molecule has 0 saturated heterocycles. The van der Waals surface area contributed by atoms with Gasteiger partial charge in [-0.3, -0.25) is 4.68 Å². The first-order valence-corrected chi connectivity index (χ1v) is 15.2. The third-order valence-corrected chi connectivity index (χ3v) is 7.45. The van der Waals surface area contributed by atoms with E-state index < -0.39 is 0 Å². The lowest BCUT2D eigenvalue weighted by Crippen LogP contribution is -2.28. The Balaban J connectivity index is 1.27. The molecule has 6 N–H and O–H groups in total. The van der Waals surface area contributed by atoms with Crippen molar-refractivity contribution >= 4 is 28.9 Å². The van der Waals surface area contributed by atoms with Crippen LogP contribution in [0.4, 0.5) is 0 Å². The van der Waals surface area contributed by atoms with Crippen molar-refractivity contribution in [2.75, 3.05) is 46.9 Å². The number of halogens is 2. The van der Waals surface area contributed by atoms with Crippen LogP contribution in [0.3, 0.4) is 0 Å². The van der Waals surface area contributed by atoms with E-state index in [9.17, 15) is 0 Å². The maximum atomic E-state index is 6.39. The van der Waals surface area contributed by atoms with Gasteiger partial charge in [-0.25, -0.2) is 5.84 Å². The number of likely N-dealkylation sites (N-methyl/N-ethyl adjacent to an activating group) is 2. The molecule has 44 heavy (non-hydrogen) atoms. The van der Waals surface area contributed by atoms with Gasteiger partial charge in [0.25, 0.3) is 0 Å². The Morgan fingerprint density at radius 2 is 1.48 bits per heavy atom. The molecule has 1 heterocycles. The summed E-state index contributed by atoms with van der Waals surface area (Å²) in [5.41, 5.74) is 11.6. The van der Waals surface area contributed by atoms with Crippen molar-refractivity contribution in [2.45, 2.75) is 19.4 Å². The second-order valence-corrected chi connectivity index (χ2v) is 11.0. The van der Waals surface area contributed by atoms with Crippen molar-refractivity contribution in [3.8, 4) is 22.8 Å². The molecule has 4 rings (SSSR count). The van der Waals surface area contributed by atoms with E-state index in [2.05, 4.69) is 20.9 Å². The van der Waals surface area contributed by atoms with Crippen molar-refractivity contribution in [2.24, 2.45) is 11.6 Å². The van der Waals surface area contributed by atoms with E-state index in [0.29, 0.717) is 60.0 Å². The first-order chi connectivity index (χ1) is 21.4. The molecule has 0 saturated carbocycles. The van der Waals surface area contributed by atoms with E-state index in [1.165, 1.54) is 0 Å². The van der Waals surface area contributed by atoms with E-state index in [-0.39, 0.29) is 0 Å². The van der Waals surface area contributed by atoms with Gasteiger partial charge in [0.2, 0.25) is 0 Å². The molecule has 0 amide bonds. The fraction of sp³-hybridized carbons (Fsp3) is 0.312. The number of hydrogen-bond donors (Lipinski definition) is 4. The quantitative estimate of drug-likeness (QED) is 0.0757. The average molecular weight is 640 g/mol. The molecule has 12 heteroatoms. The van der Waals surface area contributed by atoms with Gasteiger partial charge in [-0.2, -0.15) is 0 Å². The predicted octanol–water partition coefficient (Wildman–Crippen LogP) is 4.37. The molecule has 234 valence electrons. The fourth-order valence-electron chi connectivity index (χ4n) is 4.35. The molecule has 0 unspecified atom stereocenters. The molecule has 0 aliphatic heterocycles. The number of nitrogens with zero attached hydrogens (tertiary/aromatic N) is 4. The van der Waals surface area contributed by atoms with Crippen LogP contribution in [0.15, 0.2) is 73.1 Å². The molecule has 0 aliphatic rings. The molecule has 0 bridgehead atoms. The van der Waals surface area contributed by atoms with Crippen LogP contribution in [-0.4, -0.2) is 66.9 Å². The zero-order valence-corrected chi connectivity index (χ0v) is 26.6. The van der Waals surface area contributed by atoms with Gasteiger partial charge in [-0.15, -0.1) is 5.10 Å². The highest BCUT2D eigenvalue weighted by Gasteiger charge is 2.09. The van der Waals surface area contributed by atoms with E-state index >= 15 is 0 Å². The van der Waals surface area contributed by atoms with Gasteiger partial charge in [0.15, 0.2) is 0 Å². The smallest absolute Gasteiger partial charge is 0.137 e. The number of benzene rings is 3. The molecule has 0 aliphatic carbocycles. The Kier molecular flexibility index (Phi) is 12.7. The molecule has 3 aromatic carbocycles. The van der Waals surface area contributed by atoms with Crippen molar-refractivity contribution in [1.82, 2.24) is 30.6 Å². The summed E-state index contributed by atoms with van der Waals surface area (Å²) in [5, 5.41) is 17.5. The lowest BCUT2D eigenvalue weighted by atomic mass is 10.1. The van der Waals surface area contributed by atoms with Crippen molar-refractivity contribution in [3.05, 3.63) is 99.8 Å². The van der Waals surface area contributed by atoms with E-state index in [0.717, 1.165) is 47.5 Å². The normalized spacial score (nSPS) is 11.5. The van der Waals surface area contributed by atoms with Crippen LogP contribution in [-0.2, 0) is 19.4 Å². The number of rotatable bonds is 17. The second kappa shape index (κ2) is 16.9. The minimum atomic E-state index is 0.553. The van der Waals surface area contributed by atoms with Crippen LogP contribution in [0.25, 0.3) is 17.0 Å². The molecular weight excluding hydrogens is 599 g/mol. The van der Waals surface area contributed by atoms with Gasteiger partial charge < -0.3 is 30.8 Å². The lowest BCUT2D eigenvalue weighted by molar-refractivity contribution is 0.318. The Bertz CT molecular complexity index is 1510. The molecule has 10 nitrogen and oxygen atoms in total. The lowest BCUT2D eigenvalue weighted by Gasteiger charge is -2.16. The molecule has 0 fully saturated rings. The largest absolute Gasteiger partial charge is 0.491 e.